The summed E-state index contributed by atoms with van der Waals surface area (Å²) in [7, 11) is 0. The van der Waals surface area contributed by atoms with Gasteiger partial charge in [-0.05, 0) is 42.0 Å². The Morgan fingerprint density at radius 3 is 2.63 bits per heavy atom. The molecular formula is C20H16N4O3. The number of hydrogen-bond donors (Lipinski definition) is 1. The van der Waals surface area contributed by atoms with Crippen molar-refractivity contribution in [3.8, 4) is 0 Å². The molecule has 0 spiro atoms. The fraction of sp³-hybridized carbons (Fsp3) is 0.100. The number of fused-ring (bicyclic) bond motifs is 1. The fourth-order valence-corrected chi connectivity index (χ4v) is 2.74. The normalized spacial score (nSPS) is 10.8. The summed E-state index contributed by atoms with van der Waals surface area (Å²) in [5.41, 5.74) is 1.76. The average Bonchev–Trinajstić information content (AvgIpc) is 3.23. The van der Waals surface area contributed by atoms with Gasteiger partial charge in [-0.25, -0.2) is 4.68 Å². The lowest BCUT2D eigenvalue weighted by Crippen LogP contribution is -2.25. The molecule has 2 heterocycles. The molecule has 2 aromatic carbocycles. The molecule has 0 saturated carbocycles. The van der Waals surface area contributed by atoms with Crippen molar-refractivity contribution in [3.63, 3.8) is 0 Å². The van der Waals surface area contributed by atoms with Gasteiger partial charge in [0.1, 0.15) is 11.3 Å². The number of carbonyl (C=O) groups is 1. The highest BCUT2D eigenvalue weighted by molar-refractivity contribution is 5.94. The molecule has 0 aliphatic rings. The molecule has 0 fully saturated rings. The Kier molecular flexibility index (Phi) is 4.49. The second-order valence-electron chi connectivity index (χ2n) is 6.03. The summed E-state index contributed by atoms with van der Waals surface area (Å²) in [5, 5.41) is 11.4. The van der Waals surface area contributed by atoms with Crippen LogP contribution in [0.2, 0.25) is 0 Å². The molecule has 0 aliphatic heterocycles. The topological polar surface area (TPSA) is 90.0 Å². The zero-order valence-electron chi connectivity index (χ0n) is 14.3. The number of carbonyl (C=O) groups excluding carboxylic acids is 1. The quantitative estimate of drug-likeness (QED) is 0.590. The van der Waals surface area contributed by atoms with Crippen LogP contribution in [0.15, 0.2) is 76.1 Å². The third-order valence-corrected chi connectivity index (χ3v) is 4.18. The van der Waals surface area contributed by atoms with Gasteiger partial charge in [0.25, 0.3) is 11.5 Å². The Balaban J connectivity index is 1.47. The summed E-state index contributed by atoms with van der Waals surface area (Å²) < 4.78 is 6.50. The number of aromatic nitrogens is 3. The van der Waals surface area contributed by atoms with E-state index in [0.29, 0.717) is 28.8 Å². The van der Waals surface area contributed by atoms with Gasteiger partial charge in [-0.2, -0.15) is 0 Å². The van der Waals surface area contributed by atoms with E-state index in [2.05, 4.69) is 15.6 Å². The summed E-state index contributed by atoms with van der Waals surface area (Å²) in [6, 6.07) is 17.7. The predicted octanol–water partition coefficient (Wildman–Crippen LogP) is 2.36. The summed E-state index contributed by atoms with van der Waals surface area (Å²) >= 11 is 0. The van der Waals surface area contributed by atoms with E-state index in [9.17, 15) is 9.59 Å². The number of furan rings is 1. The summed E-state index contributed by atoms with van der Waals surface area (Å²) in [6.07, 6.45) is 1.56. The number of amides is 1. The Hall–Kier alpha value is -3.74. The van der Waals surface area contributed by atoms with E-state index in [4.69, 9.17) is 4.42 Å². The molecule has 0 aliphatic carbocycles. The van der Waals surface area contributed by atoms with Gasteiger partial charge in [0, 0.05) is 5.56 Å². The van der Waals surface area contributed by atoms with E-state index >= 15 is 0 Å². The van der Waals surface area contributed by atoms with Crippen molar-refractivity contribution >= 4 is 16.8 Å². The first-order valence-corrected chi connectivity index (χ1v) is 8.43. The minimum atomic E-state index is -0.194. The van der Waals surface area contributed by atoms with Crippen molar-refractivity contribution in [2.75, 3.05) is 0 Å². The van der Waals surface area contributed by atoms with Gasteiger partial charge in [0.15, 0.2) is 0 Å². The second kappa shape index (κ2) is 7.25. The van der Waals surface area contributed by atoms with Crippen LogP contribution in [0.5, 0.6) is 0 Å². The van der Waals surface area contributed by atoms with Gasteiger partial charge in [0.05, 0.1) is 24.7 Å². The molecule has 7 nitrogen and oxygen atoms in total. The summed E-state index contributed by atoms with van der Waals surface area (Å²) in [6.45, 7) is 0.612. The molecule has 0 atom stereocenters. The molecule has 0 bridgehead atoms. The van der Waals surface area contributed by atoms with Crippen molar-refractivity contribution in [2.24, 2.45) is 0 Å². The maximum Gasteiger partial charge on any atom is 0.277 e. The van der Waals surface area contributed by atoms with Crippen LogP contribution in [0.4, 0.5) is 0 Å². The first-order chi connectivity index (χ1) is 13.2. The number of benzene rings is 2. The Labute approximate surface area is 154 Å². The van der Waals surface area contributed by atoms with Crippen LogP contribution in [0, 0.1) is 0 Å². The molecule has 7 heteroatoms. The van der Waals surface area contributed by atoms with Crippen molar-refractivity contribution in [2.45, 2.75) is 13.1 Å². The first kappa shape index (κ1) is 16.7. The van der Waals surface area contributed by atoms with Gasteiger partial charge in [0.2, 0.25) is 0 Å². The monoisotopic (exact) mass is 360 g/mol. The van der Waals surface area contributed by atoms with Gasteiger partial charge < -0.3 is 9.73 Å². The highest BCUT2D eigenvalue weighted by Gasteiger charge is 2.08. The molecule has 2 aromatic heterocycles. The largest absolute Gasteiger partial charge is 0.467 e. The molecule has 0 unspecified atom stereocenters. The summed E-state index contributed by atoms with van der Waals surface area (Å²) in [4.78, 5) is 24.7. The van der Waals surface area contributed by atoms with Crippen molar-refractivity contribution in [1.29, 1.82) is 0 Å². The van der Waals surface area contributed by atoms with Gasteiger partial charge >= 0.3 is 0 Å². The van der Waals surface area contributed by atoms with E-state index in [1.807, 2.05) is 6.07 Å². The number of rotatable bonds is 5. The van der Waals surface area contributed by atoms with Gasteiger partial charge in [-0.1, -0.05) is 29.5 Å². The molecule has 1 N–H and O–H groups in total. The second-order valence-corrected chi connectivity index (χ2v) is 6.03. The molecular weight excluding hydrogens is 344 g/mol. The molecule has 4 aromatic rings. The SMILES string of the molecule is O=C(NCc1ccco1)c1ccc(Cn2nnc3ccccc3c2=O)cc1. The van der Waals surface area contributed by atoms with Crippen LogP contribution >= 0.6 is 0 Å². The molecule has 1 amide bonds. The Morgan fingerprint density at radius 2 is 1.85 bits per heavy atom. The van der Waals surface area contributed by atoms with Crippen LogP contribution in [0.3, 0.4) is 0 Å². The summed E-state index contributed by atoms with van der Waals surface area (Å²) in [5.74, 6) is 0.495. The van der Waals surface area contributed by atoms with Crippen LogP contribution in [0.25, 0.3) is 10.9 Å². The van der Waals surface area contributed by atoms with Crippen molar-refractivity contribution < 1.29 is 9.21 Å². The number of hydrogen-bond acceptors (Lipinski definition) is 5. The van der Waals surface area contributed by atoms with E-state index in [1.165, 1.54) is 4.68 Å². The van der Waals surface area contributed by atoms with Crippen LogP contribution in [-0.4, -0.2) is 20.9 Å². The zero-order valence-corrected chi connectivity index (χ0v) is 14.3. The maximum atomic E-state index is 12.5. The Bertz CT molecular complexity index is 1130. The standard InChI is InChI=1S/C20H16N4O3/c25-19(21-12-16-4-3-11-27-16)15-9-7-14(8-10-15)13-24-20(26)17-5-1-2-6-18(17)22-23-24/h1-11H,12-13H2,(H,21,25). The molecule has 0 saturated heterocycles. The fourth-order valence-electron chi connectivity index (χ4n) is 2.74. The lowest BCUT2D eigenvalue weighted by atomic mass is 10.1. The smallest absolute Gasteiger partial charge is 0.277 e. The zero-order chi connectivity index (χ0) is 18.6. The van der Waals surface area contributed by atoms with E-state index in [1.54, 1.807) is 60.9 Å². The molecule has 0 radical (unpaired) electrons. The van der Waals surface area contributed by atoms with Crippen LogP contribution in [0.1, 0.15) is 21.7 Å². The van der Waals surface area contributed by atoms with E-state index in [-0.39, 0.29) is 18.0 Å². The molecule has 134 valence electrons. The number of nitrogens with zero attached hydrogens (tertiary/aromatic N) is 3. The van der Waals surface area contributed by atoms with Crippen molar-refractivity contribution in [3.05, 3.63) is 94.2 Å². The predicted molar refractivity (Wildman–Crippen MR) is 99.2 cm³/mol. The first-order valence-electron chi connectivity index (χ1n) is 8.43. The molecule has 4 rings (SSSR count). The minimum absolute atomic E-state index is 0.194. The van der Waals surface area contributed by atoms with Crippen molar-refractivity contribution in [1.82, 2.24) is 20.3 Å². The molecule has 27 heavy (non-hydrogen) atoms. The lowest BCUT2D eigenvalue weighted by molar-refractivity contribution is 0.0948. The maximum absolute atomic E-state index is 12.5. The van der Waals surface area contributed by atoms with Crippen LogP contribution in [-0.2, 0) is 13.1 Å². The third-order valence-electron chi connectivity index (χ3n) is 4.18. The average molecular weight is 360 g/mol. The minimum Gasteiger partial charge on any atom is -0.467 e. The van der Waals surface area contributed by atoms with Gasteiger partial charge in [-0.15, -0.1) is 5.10 Å². The van der Waals surface area contributed by atoms with Crippen LogP contribution < -0.4 is 10.9 Å². The highest BCUT2D eigenvalue weighted by Crippen LogP contribution is 2.08. The van der Waals surface area contributed by atoms with Gasteiger partial charge in [-0.3, -0.25) is 9.59 Å². The lowest BCUT2D eigenvalue weighted by Gasteiger charge is -2.07. The third kappa shape index (κ3) is 3.62. The van der Waals surface area contributed by atoms with E-state index in [0.717, 1.165) is 5.56 Å². The van der Waals surface area contributed by atoms with E-state index < -0.39 is 0 Å². The number of nitrogens with one attached hydrogen (secondary N) is 1. The highest BCUT2D eigenvalue weighted by atomic mass is 16.3. The Morgan fingerprint density at radius 1 is 1.04 bits per heavy atom.